The number of nitrogens with zero attached hydrogens (tertiary/aromatic N) is 1. The molecule has 2 heteroatoms. The molecular weight excluding hydrogens is 184 g/mol. The van der Waals surface area contributed by atoms with Gasteiger partial charge in [-0.15, -0.1) is 0 Å². The predicted octanol–water partition coefficient (Wildman–Crippen LogP) is 3.10. The number of anilines is 1. The van der Waals surface area contributed by atoms with Crippen LogP contribution >= 0.6 is 0 Å². The molecule has 0 saturated heterocycles. The van der Waals surface area contributed by atoms with Crippen LogP contribution in [0.3, 0.4) is 0 Å². The van der Waals surface area contributed by atoms with Crippen LogP contribution in [0.15, 0.2) is 24.3 Å². The van der Waals surface area contributed by atoms with Gasteiger partial charge in [0.15, 0.2) is 0 Å². The zero-order valence-electron chi connectivity index (χ0n) is 9.03. The van der Waals surface area contributed by atoms with E-state index in [9.17, 15) is 0 Å². The molecule has 0 aliphatic heterocycles. The van der Waals surface area contributed by atoms with E-state index in [-0.39, 0.29) is 5.92 Å². The van der Waals surface area contributed by atoms with E-state index in [2.05, 4.69) is 42.6 Å². The molecule has 1 aromatic carbocycles. The van der Waals surface area contributed by atoms with Crippen molar-refractivity contribution in [2.45, 2.75) is 32.2 Å². The highest BCUT2D eigenvalue weighted by Gasteiger charge is 2.26. The molecule has 0 heterocycles. The molecule has 2 atom stereocenters. The normalized spacial score (nSPS) is 24.8. The first-order chi connectivity index (χ1) is 7.29. The van der Waals surface area contributed by atoms with Crippen LogP contribution in [0.4, 0.5) is 5.69 Å². The highest BCUT2D eigenvalue weighted by Crippen LogP contribution is 2.27. The van der Waals surface area contributed by atoms with Crippen LogP contribution < -0.4 is 5.32 Å². The molecule has 1 aliphatic carbocycles. The summed E-state index contributed by atoms with van der Waals surface area (Å²) in [7, 11) is 0. The molecule has 0 radical (unpaired) electrons. The number of aryl methyl sites for hydroxylation is 1. The minimum absolute atomic E-state index is 0.186. The number of nitriles is 1. The van der Waals surface area contributed by atoms with Crippen molar-refractivity contribution in [2.24, 2.45) is 5.92 Å². The highest BCUT2D eigenvalue weighted by molar-refractivity contribution is 5.45. The van der Waals surface area contributed by atoms with Gasteiger partial charge in [-0.05, 0) is 38.3 Å². The fourth-order valence-corrected chi connectivity index (χ4v) is 2.15. The number of nitrogens with one attached hydrogen (secondary N) is 1. The van der Waals surface area contributed by atoms with E-state index in [1.807, 2.05) is 0 Å². The van der Waals surface area contributed by atoms with E-state index in [4.69, 9.17) is 5.26 Å². The van der Waals surface area contributed by atoms with Crippen molar-refractivity contribution in [3.05, 3.63) is 29.8 Å². The molecule has 0 aromatic heterocycles. The lowest BCUT2D eigenvalue weighted by Gasteiger charge is -2.16. The van der Waals surface area contributed by atoms with Gasteiger partial charge in [0.2, 0.25) is 0 Å². The van der Waals surface area contributed by atoms with Crippen LogP contribution in [0, 0.1) is 24.2 Å². The van der Waals surface area contributed by atoms with Gasteiger partial charge >= 0.3 is 0 Å². The molecule has 0 amide bonds. The van der Waals surface area contributed by atoms with Crippen molar-refractivity contribution in [1.29, 1.82) is 5.26 Å². The quantitative estimate of drug-likeness (QED) is 0.796. The smallest absolute Gasteiger partial charge is 0.0677 e. The lowest BCUT2D eigenvalue weighted by molar-refractivity contribution is 0.630. The molecule has 2 rings (SSSR count). The SMILES string of the molecule is Cc1ccc(NC2CCCC2C#N)cc1. The van der Waals surface area contributed by atoms with E-state index >= 15 is 0 Å². The van der Waals surface area contributed by atoms with E-state index in [0.29, 0.717) is 6.04 Å². The Labute approximate surface area is 90.9 Å². The number of benzene rings is 1. The van der Waals surface area contributed by atoms with Gasteiger partial charge < -0.3 is 5.32 Å². The minimum Gasteiger partial charge on any atom is -0.381 e. The minimum atomic E-state index is 0.186. The van der Waals surface area contributed by atoms with Gasteiger partial charge in [-0.1, -0.05) is 17.7 Å². The van der Waals surface area contributed by atoms with Gasteiger partial charge in [0.1, 0.15) is 0 Å². The van der Waals surface area contributed by atoms with E-state index in [1.54, 1.807) is 0 Å². The molecule has 0 spiro atoms. The summed E-state index contributed by atoms with van der Waals surface area (Å²) in [6.45, 7) is 2.08. The highest BCUT2D eigenvalue weighted by atomic mass is 14.9. The predicted molar refractivity (Wildman–Crippen MR) is 61.5 cm³/mol. The first kappa shape index (κ1) is 10.0. The van der Waals surface area contributed by atoms with Gasteiger partial charge in [-0.25, -0.2) is 0 Å². The molecule has 15 heavy (non-hydrogen) atoms. The van der Waals surface area contributed by atoms with Crippen LogP contribution in [-0.2, 0) is 0 Å². The maximum Gasteiger partial charge on any atom is 0.0677 e. The summed E-state index contributed by atoms with van der Waals surface area (Å²) < 4.78 is 0. The third-order valence-electron chi connectivity index (χ3n) is 3.09. The Morgan fingerprint density at radius 2 is 2.00 bits per heavy atom. The van der Waals surface area contributed by atoms with Crippen molar-refractivity contribution >= 4 is 5.69 Å². The standard InChI is InChI=1S/C13H16N2/c1-10-5-7-12(8-6-10)15-13-4-2-3-11(13)9-14/h5-8,11,13,15H,2-4H2,1H3. The summed E-state index contributed by atoms with van der Waals surface area (Å²) in [5.74, 6) is 0.186. The summed E-state index contributed by atoms with van der Waals surface area (Å²) >= 11 is 0. The number of rotatable bonds is 2. The van der Waals surface area contributed by atoms with Gasteiger partial charge in [0, 0.05) is 11.7 Å². The Morgan fingerprint density at radius 3 is 2.67 bits per heavy atom. The molecule has 1 aliphatic rings. The maximum atomic E-state index is 8.97. The Hall–Kier alpha value is -1.49. The van der Waals surface area contributed by atoms with Gasteiger partial charge in [-0.3, -0.25) is 0 Å². The largest absolute Gasteiger partial charge is 0.381 e. The van der Waals surface area contributed by atoms with Crippen LogP contribution in [0.1, 0.15) is 24.8 Å². The zero-order chi connectivity index (χ0) is 10.7. The maximum absolute atomic E-state index is 8.97. The first-order valence-corrected chi connectivity index (χ1v) is 5.52. The van der Waals surface area contributed by atoms with Gasteiger partial charge in [0.25, 0.3) is 0 Å². The molecule has 1 aromatic rings. The number of hydrogen-bond acceptors (Lipinski definition) is 2. The van der Waals surface area contributed by atoms with E-state index in [1.165, 1.54) is 12.0 Å². The molecular formula is C13H16N2. The molecule has 1 N–H and O–H groups in total. The second-order valence-electron chi connectivity index (χ2n) is 4.28. The monoisotopic (exact) mass is 200 g/mol. The summed E-state index contributed by atoms with van der Waals surface area (Å²) in [5, 5.41) is 12.4. The van der Waals surface area contributed by atoms with E-state index < -0.39 is 0 Å². The Bertz CT molecular complexity index is 361. The first-order valence-electron chi connectivity index (χ1n) is 5.52. The molecule has 2 unspecified atom stereocenters. The average molecular weight is 200 g/mol. The molecule has 0 bridgehead atoms. The third kappa shape index (κ3) is 2.30. The van der Waals surface area contributed by atoms with Crippen LogP contribution in [0.5, 0.6) is 0 Å². The topological polar surface area (TPSA) is 35.8 Å². The van der Waals surface area contributed by atoms with Gasteiger partial charge in [0.05, 0.1) is 12.0 Å². The van der Waals surface area contributed by atoms with Gasteiger partial charge in [-0.2, -0.15) is 5.26 Å². The van der Waals surface area contributed by atoms with Crippen molar-refractivity contribution in [3.63, 3.8) is 0 Å². The average Bonchev–Trinajstić information content (AvgIpc) is 2.69. The third-order valence-corrected chi connectivity index (χ3v) is 3.09. The van der Waals surface area contributed by atoms with Crippen LogP contribution in [0.2, 0.25) is 0 Å². The fraction of sp³-hybridized carbons (Fsp3) is 0.462. The Balaban J connectivity index is 2.03. The number of hydrogen-bond donors (Lipinski definition) is 1. The second kappa shape index (κ2) is 4.35. The van der Waals surface area contributed by atoms with Crippen molar-refractivity contribution in [1.82, 2.24) is 0 Å². The van der Waals surface area contributed by atoms with Crippen molar-refractivity contribution in [3.8, 4) is 6.07 Å². The van der Waals surface area contributed by atoms with E-state index in [0.717, 1.165) is 18.5 Å². The summed E-state index contributed by atoms with van der Waals surface area (Å²) in [4.78, 5) is 0. The van der Waals surface area contributed by atoms with Crippen molar-refractivity contribution < 1.29 is 0 Å². The lowest BCUT2D eigenvalue weighted by atomic mass is 10.1. The molecule has 1 saturated carbocycles. The lowest BCUT2D eigenvalue weighted by Crippen LogP contribution is -2.22. The summed E-state index contributed by atoms with van der Waals surface area (Å²) in [5.41, 5.74) is 2.40. The van der Waals surface area contributed by atoms with Crippen molar-refractivity contribution in [2.75, 3.05) is 5.32 Å². The molecule has 78 valence electrons. The van der Waals surface area contributed by atoms with Crippen LogP contribution in [-0.4, -0.2) is 6.04 Å². The summed E-state index contributed by atoms with van der Waals surface area (Å²) in [6.07, 6.45) is 3.33. The second-order valence-corrected chi connectivity index (χ2v) is 4.28. The molecule has 2 nitrogen and oxygen atoms in total. The zero-order valence-corrected chi connectivity index (χ0v) is 9.03. The fourth-order valence-electron chi connectivity index (χ4n) is 2.15. The Morgan fingerprint density at radius 1 is 1.27 bits per heavy atom. The summed E-state index contributed by atoms with van der Waals surface area (Å²) in [6, 6.07) is 11.1. The van der Waals surface area contributed by atoms with Crippen LogP contribution in [0.25, 0.3) is 0 Å². The Kier molecular flexibility index (Phi) is 2.91. The molecule has 1 fully saturated rings.